The van der Waals surface area contributed by atoms with Crippen molar-refractivity contribution in [1.29, 1.82) is 5.26 Å². The first-order valence-corrected chi connectivity index (χ1v) is 12.8. The Bertz CT molecular complexity index is 1430. The summed E-state index contributed by atoms with van der Waals surface area (Å²) < 4.78 is 6.96. The van der Waals surface area contributed by atoms with E-state index in [0.717, 1.165) is 61.2 Å². The molecule has 0 saturated heterocycles. The third-order valence-electron chi connectivity index (χ3n) is 6.76. The van der Waals surface area contributed by atoms with Gasteiger partial charge in [-0.3, -0.25) is 14.2 Å². The number of nitrogens with one attached hydrogen (secondary N) is 1. The van der Waals surface area contributed by atoms with E-state index in [1.807, 2.05) is 0 Å². The number of carbonyl (C=O) groups excluding carboxylic acids is 2. The van der Waals surface area contributed by atoms with Crippen molar-refractivity contribution < 1.29 is 14.3 Å². The van der Waals surface area contributed by atoms with Gasteiger partial charge in [-0.1, -0.05) is 13.3 Å². The molecular formula is C26H26N4O4S. The number of amides is 1. The first-order chi connectivity index (χ1) is 16.9. The van der Waals surface area contributed by atoms with Crippen LogP contribution >= 0.6 is 11.3 Å². The summed E-state index contributed by atoms with van der Waals surface area (Å²) in [6.45, 7) is 2.37. The molecule has 35 heavy (non-hydrogen) atoms. The van der Waals surface area contributed by atoms with Crippen molar-refractivity contribution in [2.45, 2.75) is 58.4 Å². The average Bonchev–Trinajstić information content (AvgIpc) is 3.00. The summed E-state index contributed by atoms with van der Waals surface area (Å²) in [7, 11) is 0. The van der Waals surface area contributed by atoms with Crippen LogP contribution in [0.2, 0.25) is 0 Å². The second-order valence-corrected chi connectivity index (χ2v) is 10.4. The molecule has 1 aliphatic carbocycles. The number of hydrogen-bond donors (Lipinski definition) is 1. The Hall–Kier alpha value is -3.51. The highest BCUT2D eigenvalue weighted by Gasteiger charge is 2.25. The molecule has 9 heteroatoms. The molecule has 0 bridgehead atoms. The number of nitriles is 1. The number of aromatic nitrogens is 2. The molecule has 2 aromatic heterocycles. The third kappa shape index (κ3) is 4.58. The Labute approximate surface area is 206 Å². The Morgan fingerprint density at radius 3 is 2.97 bits per heavy atom. The molecule has 1 N–H and O–H groups in total. The number of carbonyl (C=O) groups is 2. The van der Waals surface area contributed by atoms with Crippen LogP contribution in [0.1, 0.15) is 64.8 Å². The normalized spacial score (nSPS) is 17.1. The van der Waals surface area contributed by atoms with Crippen LogP contribution in [-0.4, -0.2) is 28.0 Å². The van der Waals surface area contributed by atoms with E-state index in [2.05, 4.69) is 23.3 Å². The van der Waals surface area contributed by atoms with Gasteiger partial charge in [-0.15, -0.1) is 11.3 Å². The summed E-state index contributed by atoms with van der Waals surface area (Å²) in [6, 6.07) is 6.88. The zero-order valence-electron chi connectivity index (χ0n) is 19.6. The molecule has 0 spiro atoms. The average molecular weight is 491 g/mol. The van der Waals surface area contributed by atoms with Crippen LogP contribution in [0.15, 0.2) is 23.0 Å². The molecule has 5 rings (SSSR count). The molecule has 0 unspecified atom stereocenters. The highest BCUT2D eigenvalue weighted by molar-refractivity contribution is 7.16. The topological polar surface area (TPSA) is 114 Å². The van der Waals surface area contributed by atoms with Gasteiger partial charge >= 0.3 is 5.97 Å². The van der Waals surface area contributed by atoms with Gasteiger partial charge in [0.1, 0.15) is 16.9 Å². The molecule has 8 nitrogen and oxygen atoms in total. The molecular weight excluding hydrogens is 464 g/mol. The highest BCUT2D eigenvalue weighted by Crippen LogP contribution is 2.39. The first kappa shape index (κ1) is 23.2. The van der Waals surface area contributed by atoms with Crippen molar-refractivity contribution in [3.05, 3.63) is 55.9 Å². The molecule has 1 atom stereocenters. The Balaban J connectivity index is 1.28. The SMILES string of the molecule is C[C@H]1CCc2c(sc(NC(=O)COC(=O)c3ccc4c(=O)n5c(nc4c3)CCCCC5)c2C#N)C1. The second kappa shape index (κ2) is 9.62. The maximum atomic E-state index is 12.9. The Morgan fingerprint density at radius 1 is 1.29 bits per heavy atom. The lowest BCUT2D eigenvalue weighted by Crippen LogP contribution is -2.25. The van der Waals surface area contributed by atoms with Crippen molar-refractivity contribution >= 4 is 39.1 Å². The zero-order valence-corrected chi connectivity index (χ0v) is 20.4. The third-order valence-corrected chi connectivity index (χ3v) is 7.93. The fourth-order valence-corrected chi connectivity index (χ4v) is 6.26. The predicted octanol–water partition coefficient (Wildman–Crippen LogP) is 3.98. The Kier molecular flexibility index (Phi) is 6.39. The number of nitrogens with zero attached hydrogens (tertiary/aromatic N) is 3. The molecule has 2 aliphatic rings. The van der Waals surface area contributed by atoms with Crippen LogP contribution in [0.25, 0.3) is 10.9 Å². The second-order valence-electron chi connectivity index (χ2n) is 9.32. The van der Waals surface area contributed by atoms with E-state index >= 15 is 0 Å². The summed E-state index contributed by atoms with van der Waals surface area (Å²) in [4.78, 5) is 43.8. The van der Waals surface area contributed by atoms with E-state index in [4.69, 9.17) is 4.74 Å². The predicted molar refractivity (Wildman–Crippen MR) is 133 cm³/mol. The van der Waals surface area contributed by atoms with Gasteiger partial charge in [-0.05, 0) is 61.8 Å². The summed E-state index contributed by atoms with van der Waals surface area (Å²) in [5.41, 5.74) is 2.14. The molecule has 3 aromatic rings. The van der Waals surface area contributed by atoms with E-state index in [9.17, 15) is 19.6 Å². The summed E-state index contributed by atoms with van der Waals surface area (Å²) >= 11 is 1.43. The van der Waals surface area contributed by atoms with Crippen molar-refractivity contribution in [1.82, 2.24) is 9.55 Å². The summed E-state index contributed by atoms with van der Waals surface area (Å²) in [5.74, 6) is 0.133. The van der Waals surface area contributed by atoms with Gasteiger partial charge in [-0.2, -0.15) is 5.26 Å². The lowest BCUT2D eigenvalue weighted by Gasteiger charge is -2.17. The van der Waals surface area contributed by atoms with Gasteiger partial charge in [-0.25, -0.2) is 9.78 Å². The van der Waals surface area contributed by atoms with Crippen molar-refractivity contribution in [3.63, 3.8) is 0 Å². The molecule has 1 amide bonds. The van der Waals surface area contributed by atoms with E-state index in [1.165, 1.54) is 17.4 Å². The molecule has 0 saturated carbocycles. The fraction of sp³-hybridized carbons (Fsp3) is 0.423. The number of fused-ring (bicyclic) bond motifs is 3. The van der Waals surface area contributed by atoms with Crippen LogP contribution in [0, 0.1) is 17.2 Å². The van der Waals surface area contributed by atoms with Crippen LogP contribution in [-0.2, 0) is 35.3 Å². The smallest absolute Gasteiger partial charge is 0.338 e. The highest BCUT2D eigenvalue weighted by atomic mass is 32.1. The maximum absolute atomic E-state index is 12.9. The quantitative estimate of drug-likeness (QED) is 0.554. The van der Waals surface area contributed by atoms with Gasteiger partial charge in [0.2, 0.25) is 0 Å². The Morgan fingerprint density at radius 2 is 2.14 bits per heavy atom. The van der Waals surface area contributed by atoms with Crippen molar-refractivity contribution in [2.75, 3.05) is 11.9 Å². The number of ether oxygens (including phenoxy) is 1. The van der Waals surface area contributed by atoms with E-state index in [1.54, 1.807) is 16.7 Å². The number of esters is 1. The minimum atomic E-state index is -0.668. The van der Waals surface area contributed by atoms with Crippen molar-refractivity contribution in [2.24, 2.45) is 5.92 Å². The monoisotopic (exact) mass is 490 g/mol. The van der Waals surface area contributed by atoms with Crippen LogP contribution in [0.4, 0.5) is 5.00 Å². The zero-order chi connectivity index (χ0) is 24.5. The minimum Gasteiger partial charge on any atom is -0.452 e. The number of thiophene rings is 1. The molecule has 0 radical (unpaired) electrons. The van der Waals surface area contributed by atoms with Gasteiger partial charge in [0.25, 0.3) is 11.5 Å². The molecule has 1 aliphatic heterocycles. The van der Waals surface area contributed by atoms with Gasteiger partial charge in [0, 0.05) is 17.8 Å². The van der Waals surface area contributed by atoms with Crippen LogP contribution in [0.5, 0.6) is 0 Å². The van der Waals surface area contributed by atoms with Crippen molar-refractivity contribution in [3.8, 4) is 6.07 Å². The minimum absolute atomic E-state index is 0.0902. The van der Waals surface area contributed by atoms with Gasteiger partial charge in [0.05, 0.1) is 22.0 Å². The number of rotatable bonds is 4. The molecule has 1 aromatic carbocycles. The molecule has 0 fully saturated rings. The fourth-order valence-electron chi connectivity index (χ4n) is 4.88. The number of hydrogen-bond acceptors (Lipinski definition) is 7. The summed E-state index contributed by atoms with van der Waals surface area (Å²) in [6.07, 6.45) is 6.49. The number of benzene rings is 1. The maximum Gasteiger partial charge on any atom is 0.338 e. The van der Waals surface area contributed by atoms with Gasteiger partial charge < -0.3 is 10.1 Å². The lowest BCUT2D eigenvalue weighted by molar-refractivity contribution is -0.119. The van der Waals surface area contributed by atoms with Crippen LogP contribution in [0.3, 0.4) is 0 Å². The number of anilines is 1. The summed E-state index contributed by atoms with van der Waals surface area (Å²) in [5, 5.41) is 13.3. The first-order valence-electron chi connectivity index (χ1n) is 12.0. The van der Waals surface area contributed by atoms with Gasteiger partial charge in [0.15, 0.2) is 6.61 Å². The van der Waals surface area contributed by atoms with E-state index in [0.29, 0.717) is 33.9 Å². The molecule has 180 valence electrons. The number of aryl methyl sites for hydroxylation is 1. The molecule has 3 heterocycles. The largest absolute Gasteiger partial charge is 0.452 e. The lowest BCUT2D eigenvalue weighted by atomic mass is 9.89. The van der Waals surface area contributed by atoms with E-state index in [-0.39, 0.29) is 11.1 Å². The van der Waals surface area contributed by atoms with Crippen LogP contribution < -0.4 is 10.9 Å². The van der Waals surface area contributed by atoms with E-state index < -0.39 is 18.5 Å². The standard InChI is InChI=1S/C26H26N4O4S/c1-15-6-8-17-19(13-27)24(35-21(17)11-15)29-23(31)14-34-26(33)16-7-9-18-20(12-16)28-22-5-3-2-4-10-30(22)25(18)32/h7,9,12,15H,2-6,8,10-11,14H2,1H3,(H,29,31)/t15-/m0/s1.